The van der Waals surface area contributed by atoms with Gasteiger partial charge in [0.15, 0.2) is 0 Å². The predicted octanol–water partition coefficient (Wildman–Crippen LogP) is 14.1. The van der Waals surface area contributed by atoms with Crippen LogP contribution >= 0.6 is 0 Å². The average molecular weight is 657 g/mol. The standard InChI is InChI=1S/C52H32/c1-52(34-23-25-40-38-15-5-4-13-36(38)37-14-6-7-16-39(37)46(40)30-34)49-20-9-8-17-42(49)47-28-32(22-26-50(47)52)31-21-24-41-45(27-31)44-19-10-18-43-35-12-3-2-11-33(35)29-48(41)51(43)44/h2-30H,1H3. The maximum absolute atomic E-state index is 2.48. The number of rotatable bonds is 2. The fraction of sp³-hybridized carbons (Fsp3) is 0.0385. The predicted molar refractivity (Wildman–Crippen MR) is 221 cm³/mol. The topological polar surface area (TPSA) is 0 Å². The van der Waals surface area contributed by atoms with E-state index in [0.717, 1.165) is 0 Å². The average Bonchev–Trinajstić information content (AvgIpc) is 3.67. The van der Waals surface area contributed by atoms with Crippen LogP contribution in [0.25, 0.3) is 98.4 Å². The molecule has 0 heteroatoms. The summed E-state index contributed by atoms with van der Waals surface area (Å²) >= 11 is 0. The summed E-state index contributed by atoms with van der Waals surface area (Å²) in [5, 5.41) is 13.2. The van der Waals surface area contributed by atoms with E-state index in [4.69, 9.17) is 0 Å². The molecule has 1 unspecified atom stereocenters. The molecule has 0 saturated carbocycles. The van der Waals surface area contributed by atoms with Crippen molar-refractivity contribution in [1.82, 2.24) is 0 Å². The molecule has 0 bridgehead atoms. The Balaban J connectivity index is 1.03. The maximum Gasteiger partial charge on any atom is 0.0435 e. The Morgan fingerprint density at radius 2 is 0.885 bits per heavy atom. The van der Waals surface area contributed by atoms with E-state index < -0.39 is 0 Å². The molecule has 0 amide bonds. The molecule has 10 aromatic rings. The summed E-state index contributed by atoms with van der Waals surface area (Å²) in [5.41, 5.74) is 14.3. The van der Waals surface area contributed by atoms with Gasteiger partial charge in [-0.15, -0.1) is 0 Å². The van der Waals surface area contributed by atoms with Gasteiger partial charge in [-0.3, -0.25) is 0 Å². The van der Waals surface area contributed by atoms with Crippen LogP contribution in [0.2, 0.25) is 0 Å². The molecule has 10 aromatic carbocycles. The SMILES string of the molecule is CC1(c2ccc3c4ccccc4c4ccccc4c3c2)c2ccccc2-c2cc(-c3ccc4c(c3)-c3cccc5c3c-4cc3ccccc35)ccc21. The number of benzene rings is 10. The molecule has 0 heterocycles. The molecule has 0 aromatic heterocycles. The van der Waals surface area contributed by atoms with Crippen molar-refractivity contribution in [2.75, 3.05) is 0 Å². The first kappa shape index (κ1) is 28.2. The van der Waals surface area contributed by atoms with E-state index in [1.807, 2.05) is 0 Å². The van der Waals surface area contributed by atoms with Gasteiger partial charge < -0.3 is 0 Å². The molecular weight excluding hydrogens is 625 g/mol. The van der Waals surface area contributed by atoms with E-state index in [9.17, 15) is 0 Å². The number of fused-ring (bicyclic) bond motifs is 14. The highest BCUT2D eigenvalue weighted by Gasteiger charge is 2.41. The van der Waals surface area contributed by atoms with Gasteiger partial charge in [0.25, 0.3) is 0 Å². The van der Waals surface area contributed by atoms with E-state index in [1.165, 1.54) is 115 Å². The van der Waals surface area contributed by atoms with Gasteiger partial charge in [-0.05, 0) is 146 Å². The zero-order chi connectivity index (χ0) is 34.1. The van der Waals surface area contributed by atoms with Gasteiger partial charge in [0.1, 0.15) is 0 Å². The summed E-state index contributed by atoms with van der Waals surface area (Å²) < 4.78 is 0. The molecule has 1 atom stereocenters. The second-order valence-electron chi connectivity index (χ2n) is 14.9. The van der Waals surface area contributed by atoms with Crippen LogP contribution in [0.4, 0.5) is 0 Å². The number of hydrogen-bond acceptors (Lipinski definition) is 0. The highest BCUT2D eigenvalue weighted by Crippen LogP contribution is 2.55. The summed E-state index contributed by atoms with van der Waals surface area (Å²) in [7, 11) is 0. The molecule has 0 spiro atoms. The van der Waals surface area contributed by atoms with Crippen molar-refractivity contribution in [2.24, 2.45) is 0 Å². The summed E-state index contributed by atoms with van der Waals surface area (Å²) in [6, 6.07) is 66.3. The van der Waals surface area contributed by atoms with E-state index in [0.29, 0.717) is 0 Å². The largest absolute Gasteiger partial charge is 0.0619 e. The van der Waals surface area contributed by atoms with Crippen LogP contribution in [0.5, 0.6) is 0 Å². The minimum absolute atomic E-state index is 0.289. The van der Waals surface area contributed by atoms with Crippen molar-refractivity contribution in [3.8, 4) is 44.5 Å². The Morgan fingerprint density at radius 3 is 1.67 bits per heavy atom. The molecule has 0 radical (unpaired) electrons. The molecule has 0 fully saturated rings. The summed E-state index contributed by atoms with van der Waals surface area (Å²) in [5.74, 6) is 0. The Morgan fingerprint density at radius 1 is 0.308 bits per heavy atom. The Hall–Kier alpha value is -6.50. The molecule has 12 rings (SSSR count). The lowest BCUT2D eigenvalue weighted by Crippen LogP contribution is -2.22. The van der Waals surface area contributed by atoms with Gasteiger partial charge in [0.2, 0.25) is 0 Å². The minimum atomic E-state index is -0.289. The molecule has 2 aliphatic rings. The second kappa shape index (κ2) is 10.1. The molecule has 52 heavy (non-hydrogen) atoms. The Kier molecular flexibility index (Phi) is 5.46. The van der Waals surface area contributed by atoms with Crippen LogP contribution in [-0.2, 0) is 5.41 Å². The van der Waals surface area contributed by atoms with E-state index in [-0.39, 0.29) is 5.41 Å². The van der Waals surface area contributed by atoms with Gasteiger partial charge in [-0.2, -0.15) is 0 Å². The normalized spacial score (nSPS) is 15.5. The smallest absolute Gasteiger partial charge is 0.0435 e. The first-order valence-corrected chi connectivity index (χ1v) is 18.3. The Bertz CT molecular complexity index is 3160. The van der Waals surface area contributed by atoms with Crippen LogP contribution in [0, 0.1) is 0 Å². The zero-order valence-corrected chi connectivity index (χ0v) is 28.7. The summed E-state index contributed by atoms with van der Waals surface area (Å²) in [6.07, 6.45) is 0. The monoisotopic (exact) mass is 656 g/mol. The van der Waals surface area contributed by atoms with Crippen LogP contribution in [-0.4, -0.2) is 0 Å². The minimum Gasteiger partial charge on any atom is -0.0619 e. The lowest BCUT2D eigenvalue weighted by Gasteiger charge is -2.29. The van der Waals surface area contributed by atoms with Gasteiger partial charge in [0.05, 0.1) is 0 Å². The lowest BCUT2D eigenvalue weighted by atomic mass is 9.73. The van der Waals surface area contributed by atoms with Gasteiger partial charge >= 0.3 is 0 Å². The van der Waals surface area contributed by atoms with Crippen molar-refractivity contribution < 1.29 is 0 Å². The van der Waals surface area contributed by atoms with Crippen molar-refractivity contribution in [2.45, 2.75) is 12.3 Å². The van der Waals surface area contributed by atoms with Crippen molar-refractivity contribution in [3.05, 3.63) is 193 Å². The van der Waals surface area contributed by atoms with E-state index >= 15 is 0 Å². The van der Waals surface area contributed by atoms with Crippen LogP contribution in [0.15, 0.2) is 176 Å². The van der Waals surface area contributed by atoms with Crippen LogP contribution in [0.3, 0.4) is 0 Å². The highest BCUT2D eigenvalue weighted by atomic mass is 14.4. The summed E-state index contributed by atoms with van der Waals surface area (Å²) in [6.45, 7) is 2.43. The maximum atomic E-state index is 2.48. The molecule has 2 aliphatic carbocycles. The fourth-order valence-electron chi connectivity index (χ4n) is 9.99. The lowest BCUT2D eigenvalue weighted by molar-refractivity contribution is 0.715. The van der Waals surface area contributed by atoms with Crippen LogP contribution in [0.1, 0.15) is 23.6 Å². The second-order valence-corrected chi connectivity index (χ2v) is 14.9. The van der Waals surface area contributed by atoms with Crippen LogP contribution < -0.4 is 0 Å². The Labute approximate surface area is 302 Å². The highest BCUT2D eigenvalue weighted by molar-refractivity contribution is 6.26. The third-order valence-corrected chi connectivity index (χ3v) is 12.5. The molecule has 0 N–H and O–H groups in total. The van der Waals surface area contributed by atoms with Gasteiger partial charge in [-0.1, -0.05) is 152 Å². The van der Waals surface area contributed by atoms with Crippen molar-refractivity contribution in [3.63, 3.8) is 0 Å². The summed E-state index contributed by atoms with van der Waals surface area (Å²) in [4.78, 5) is 0. The molecule has 240 valence electrons. The third-order valence-electron chi connectivity index (χ3n) is 12.5. The number of hydrogen-bond donors (Lipinski definition) is 0. The van der Waals surface area contributed by atoms with E-state index in [2.05, 4.69) is 183 Å². The first-order chi connectivity index (χ1) is 25.7. The zero-order valence-electron chi connectivity index (χ0n) is 28.7. The molecule has 0 aliphatic heterocycles. The van der Waals surface area contributed by atoms with Crippen molar-refractivity contribution in [1.29, 1.82) is 0 Å². The van der Waals surface area contributed by atoms with Crippen molar-refractivity contribution >= 4 is 53.9 Å². The third kappa shape index (κ3) is 3.56. The molecule has 0 saturated heterocycles. The first-order valence-electron chi connectivity index (χ1n) is 18.3. The quantitative estimate of drug-likeness (QED) is 0.162. The van der Waals surface area contributed by atoms with Gasteiger partial charge in [0, 0.05) is 5.41 Å². The fourth-order valence-corrected chi connectivity index (χ4v) is 9.99. The molecular formula is C52H32. The van der Waals surface area contributed by atoms with Gasteiger partial charge in [-0.25, -0.2) is 0 Å². The van der Waals surface area contributed by atoms with E-state index in [1.54, 1.807) is 0 Å². The molecule has 0 nitrogen and oxygen atoms in total.